The molecule has 0 unspecified atom stereocenters. The minimum absolute atomic E-state index is 0.0306. The topological polar surface area (TPSA) is 109 Å². The summed E-state index contributed by atoms with van der Waals surface area (Å²) in [7, 11) is 0. The van der Waals surface area contributed by atoms with Crippen LogP contribution in [0.15, 0.2) is 30.3 Å². The van der Waals surface area contributed by atoms with E-state index in [-0.39, 0.29) is 36.4 Å². The fourth-order valence-corrected chi connectivity index (χ4v) is 4.16. The molecule has 0 bridgehead atoms. The molecule has 2 N–H and O–H groups in total. The van der Waals surface area contributed by atoms with Crippen molar-refractivity contribution in [3.8, 4) is 0 Å². The Hall–Kier alpha value is -2.78. The van der Waals surface area contributed by atoms with Crippen LogP contribution in [0.1, 0.15) is 42.5 Å². The highest BCUT2D eigenvalue weighted by Gasteiger charge is 2.39. The molecule has 2 aliphatic rings. The number of rotatable bonds is 7. The summed E-state index contributed by atoms with van der Waals surface area (Å²) in [6.07, 6.45) is 2.05. The van der Waals surface area contributed by atoms with Crippen LogP contribution in [-0.2, 0) is 25.7 Å². The fourth-order valence-electron chi connectivity index (χ4n) is 4.16. The molecular weight excluding hydrogens is 398 g/mol. The van der Waals surface area contributed by atoms with Gasteiger partial charge >= 0.3 is 0 Å². The Morgan fingerprint density at radius 1 is 1.26 bits per heavy atom. The Kier molecular flexibility index (Phi) is 6.93. The number of nitrogens with zero attached hydrogens (tertiary/aromatic N) is 3. The van der Waals surface area contributed by atoms with Gasteiger partial charge in [0.05, 0.1) is 12.6 Å². The van der Waals surface area contributed by atoms with E-state index in [1.807, 2.05) is 37.3 Å². The third kappa shape index (κ3) is 5.48. The quantitative estimate of drug-likeness (QED) is 0.693. The number of aromatic nitrogens is 3. The summed E-state index contributed by atoms with van der Waals surface area (Å²) in [6.45, 7) is 3.81. The van der Waals surface area contributed by atoms with E-state index in [0.717, 1.165) is 18.4 Å². The lowest BCUT2D eigenvalue weighted by atomic mass is 9.99. The largest absolute Gasteiger partial charge is 0.381 e. The van der Waals surface area contributed by atoms with E-state index in [1.165, 1.54) is 0 Å². The summed E-state index contributed by atoms with van der Waals surface area (Å²) in [5.74, 6) is 1.13. The van der Waals surface area contributed by atoms with Crippen molar-refractivity contribution in [2.24, 2.45) is 5.92 Å². The molecular formula is C22H29N5O4. The van der Waals surface area contributed by atoms with Gasteiger partial charge in [0, 0.05) is 31.7 Å². The first-order valence-electron chi connectivity index (χ1n) is 10.8. The summed E-state index contributed by atoms with van der Waals surface area (Å²) in [5, 5.41) is 10.2. The molecule has 2 aromatic rings. The van der Waals surface area contributed by atoms with E-state index in [9.17, 15) is 9.59 Å². The first-order valence-corrected chi connectivity index (χ1v) is 10.8. The molecule has 31 heavy (non-hydrogen) atoms. The molecule has 2 amide bonds. The van der Waals surface area contributed by atoms with Crippen molar-refractivity contribution in [1.82, 2.24) is 25.4 Å². The summed E-state index contributed by atoms with van der Waals surface area (Å²) < 4.78 is 11.0. The molecule has 0 aliphatic carbocycles. The molecule has 2 fully saturated rings. The molecule has 2 aliphatic heterocycles. The van der Waals surface area contributed by atoms with Gasteiger partial charge in [-0.1, -0.05) is 30.3 Å². The van der Waals surface area contributed by atoms with Gasteiger partial charge in [-0.2, -0.15) is 5.10 Å². The molecule has 166 valence electrons. The number of aryl methyl sites for hydroxylation is 1. The average Bonchev–Trinajstić information content (AvgIpc) is 3.41. The molecule has 2 atom stereocenters. The lowest BCUT2D eigenvalue weighted by Crippen LogP contribution is -2.43. The molecule has 1 aromatic heterocycles. The molecule has 9 heteroatoms. The Balaban J connectivity index is 1.38. The maximum absolute atomic E-state index is 13.0. The maximum atomic E-state index is 13.0. The van der Waals surface area contributed by atoms with E-state index >= 15 is 0 Å². The zero-order valence-corrected chi connectivity index (χ0v) is 17.8. The van der Waals surface area contributed by atoms with Gasteiger partial charge in [-0.05, 0) is 31.7 Å². The van der Waals surface area contributed by atoms with Crippen LogP contribution in [0.3, 0.4) is 0 Å². The van der Waals surface area contributed by atoms with Crippen molar-refractivity contribution in [3.05, 3.63) is 47.5 Å². The number of hydrogen-bond donors (Lipinski definition) is 2. The number of hydrogen-bond acceptors (Lipinski definition) is 6. The van der Waals surface area contributed by atoms with E-state index in [0.29, 0.717) is 44.4 Å². The molecule has 1 aromatic carbocycles. The minimum Gasteiger partial charge on any atom is -0.381 e. The molecule has 9 nitrogen and oxygen atoms in total. The van der Waals surface area contributed by atoms with Crippen molar-refractivity contribution >= 4 is 11.8 Å². The Labute approximate surface area is 181 Å². The van der Waals surface area contributed by atoms with E-state index in [1.54, 1.807) is 4.90 Å². The van der Waals surface area contributed by atoms with Gasteiger partial charge < -0.3 is 19.7 Å². The highest BCUT2D eigenvalue weighted by Crippen LogP contribution is 2.31. The predicted molar refractivity (Wildman–Crippen MR) is 112 cm³/mol. The van der Waals surface area contributed by atoms with Gasteiger partial charge in [-0.15, -0.1) is 0 Å². The summed E-state index contributed by atoms with van der Waals surface area (Å²) in [5.41, 5.74) is 1.01. The van der Waals surface area contributed by atoms with Crippen LogP contribution in [0, 0.1) is 12.8 Å². The summed E-state index contributed by atoms with van der Waals surface area (Å²) in [4.78, 5) is 31.8. The average molecular weight is 428 g/mol. The normalized spacial score (nSPS) is 21.9. The van der Waals surface area contributed by atoms with Crippen molar-refractivity contribution < 1.29 is 19.1 Å². The number of amides is 2. The number of benzene rings is 1. The number of aromatic amines is 1. The number of nitrogens with one attached hydrogen (secondary N) is 2. The number of likely N-dealkylation sites (tertiary alicyclic amines) is 1. The van der Waals surface area contributed by atoms with E-state index in [2.05, 4.69) is 20.5 Å². The third-order valence-corrected chi connectivity index (χ3v) is 5.81. The second-order valence-electron chi connectivity index (χ2n) is 8.15. The fraction of sp³-hybridized carbons (Fsp3) is 0.545. The number of H-pyrrole nitrogens is 1. The van der Waals surface area contributed by atoms with Gasteiger partial charge in [0.2, 0.25) is 11.8 Å². The molecule has 3 heterocycles. The number of ether oxygens (including phenoxy) is 2. The first kappa shape index (κ1) is 21.5. The summed E-state index contributed by atoms with van der Waals surface area (Å²) in [6, 6.07) is 9.30. The van der Waals surface area contributed by atoms with Crippen LogP contribution in [-0.4, -0.2) is 64.3 Å². The SMILES string of the molecule is Cc1nc([C@@H]2C[C@H](NC(=O)C3CCOCC3)CN2C(=O)COCc2ccccc2)n[nH]1. The van der Waals surface area contributed by atoms with Crippen LogP contribution < -0.4 is 5.32 Å². The minimum atomic E-state index is -0.294. The van der Waals surface area contributed by atoms with Crippen LogP contribution >= 0.6 is 0 Å². The lowest BCUT2D eigenvalue weighted by Gasteiger charge is -2.24. The Morgan fingerprint density at radius 3 is 2.74 bits per heavy atom. The van der Waals surface area contributed by atoms with Gasteiger partial charge in [-0.3, -0.25) is 14.7 Å². The van der Waals surface area contributed by atoms with E-state index in [4.69, 9.17) is 9.47 Å². The van der Waals surface area contributed by atoms with Gasteiger partial charge in [0.15, 0.2) is 5.82 Å². The highest BCUT2D eigenvalue weighted by atomic mass is 16.5. The van der Waals surface area contributed by atoms with Crippen LogP contribution in [0.2, 0.25) is 0 Å². The maximum Gasteiger partial charge on any atom is 0.249 e. The predicted octanol–water partition coefficient (Wildman–Crippen LogP) is 1.51. The molecule has 2 saturated heterocycles. The second kappa shape index (κ2) is 10.0. The van der Waals surface area contributed by atoms with Crippen LogP contribution in [0.4, 0.5) is 0 Å². The standard InChI is InChI=1S/C22H29N5O4/c1-15-23-21(26-25-15)19-11-18(24-22(29)17-7-9-30-10-8-17)12-27(19)20(28)14-31-13-16-5-3-2-4-6-16/h2-6,17-19H,7-14H2,1H3,(H,24,29)(H,23,25,26)/t18-,19-/m0/s1. The van der Waals surface area contributed by atoms with Crippen molar-refractivity contribution in [1.29, 1.82) is 0 Å². The van der Waals surface area contributed by atoms with Gasteiger partial charge in [0.25, 0.3) is 0 Å². The molecule has 0 radical (unpaired) electrons. The zero-order valence-electron chi connectivity index (χ0n) is 17.8. The van der Waals surface area contributed by atoms with Crippen LogP contribution in [0.25, 0.3) is 0 Å². The van der Waals surface area contributed by atoms with Crippen molar-refractivity contribution in [3.63, 3.8) is 0 Å². The summed E-state index contributed by atoms with van der Waals surface area (Å²) >= 11 is 0. The smallest absolute Gasteiger partial charge is 0.249 e. The van der Waals surface area contributed by atoms with E-state index < -0.39 is 0 Å². The molecule has 0 spiro atoms. The Morgan fingerprint density at radius 2 is 2.03 bits per heavy atom. The van der Waals surface area contributed by atoms with Gasteiger partial charge in [0.1, 0.15) is 12.4 Å². The lowest BCUT2D eigenvalue weighted by molar-refractivity contribution is -0.138. The molecule has 0 saturated carbocycles. The van der Waals surface area contributed by atoms with Crippen molar-refractivity contribution in [2.75, 3.05) is 26.4 Å². The monoisotopic (exact) mass is 427 g/mol. The van der Waals surface area contributed by atoms with Crippen LogP contribution in [0.5, 0.6) is 0 Å². The number of carbonyl (C=O) groups is 2. The molecule has 4 rings (SSSR count). The third-order valence-electron chi connectivity index (χ3n) is 5.81. The highest BCUT2D eigenvalue weighted by molar-refractivity contribution is 5.80. The zero-order chi connectivity index (χ0) is 21.6. The Bertz CT molecular complexity index is 881. The van der Waals surface area contributed by atoms with Crippen molar-refractivity contribution in [2.45, 2.75) is 44.9 Å². The second-order valence-corrected chi connectivity index (χ2v) is 8.15. The number of carbonyl (C=O) groups excluding carboxylic acids is 2. The van der Waals surface area contributed by atoms with Gasteiger partial charge in [-0.25, -0.2) is 4.98 Å². The first-order chi connectivity index (χ1) is 15.1.